The number of ether oxygens (including phenoxy) is 1. The van der Waals surface area contributed by atoms with Crippen molar-refractivity contribution in [3.63, 3.8) is 0 Å². The van der Waals surface area contributed by atoms with Crippen LogP contribution in [0.1, 0.15) is 27.2 Å². The zero-order valence-electron chi connectivity index (χ0n) is 7.83. The number of carbonyl (C=O) groups is 1. The standard InChI is InChI=1S/C9H16O3/c1-6(2)4-9(11)7(3)5-12-8(9)10/h6-7,11H,4-5H2,1-3H3/t7-,9+/m1/s1. The fourth-order valence-electron chi connectivity index (χ4n) is 1.57. The normalized spacial score (nSPS) is 35.8. The van der Waals surface area contributed by atoms with E-state index in [4.69, 9.17) is 4.74 Å². The van der Waals surface area contributed by atoms with Crippen molar-refractivity contribution >= 4 is 5.97 Å². The number of aliphatic hydroxyl groups is 1. The van der Waals surface area contributed by atoms with Gasteiger partial charge in [-0.15, -0.1) is 0 Å². The summed E-state index contributed by atoms with van der Waals surface area (Å²) in [4.78, 5) is 11.2. The summed E-state index contributed by atoms with van der Waals surface area (Å²) < 4.78 is 4.79. The predicted octanol–water partition coefficient (Wildman–Crippen LogP) is 0.956. The Kier molecular flexibility index (Phi) is 2.42. The van der Waals surface area contributed by atoms with E-state index in [2.05, 4.69) is 0 Å². The maximum absolute atomic E-state index is 11.2. The van der Waals surface area contributed by atoms with Crippen LogP contribution in [0.2, 0.25) is 0 Å². The van der Waals surface area contributed by atoms with Crippen molar-refractivity contribution in [3.8, 4) is 0 Å². The molecule has 0 aromatic rings. The minimum atomic E-state index is -1.23. The third kappa shape index (κ3) is 1.46. The zero-order valence-corrected chi connectivity index (χ0v) is 7.83. The van der Waals surface area contributed by atoms with Gasteiger partial charge in [-0.3, -0.25) is 0 Å². The monoisotopic (exact) mass is 172 g/mol. The Balaban J connectivity index is 2.72. The molecule has 0 bridgehead atoms. The molecule has 0 aromatic heterocycles. The van der Waals surface area contributed by atoms with E-state index in [0.717, 1.165) is 0 Å². The van der Waals surface area contributed by atoms with E-state index in [1.807, 2.05) is 20.8 Å². The number of hydrogen-bond donors (Lipinski definition) is 1. The molecule has 0 saturated carbocycles. The Bertz CT molecular complexity index is 188. The number of rotatable bonds is 2. The highest BCUT2D eigenvalue weighted by atomic mass is 16.6. The summed E-state index contributed by atoms with van der Waals surface area (Å²) in [6, 6.07) is 0. The Morgan fingerprint density at radius 1 is 1.75 bits per heavy atom. The van der Waals surface area contributed by atoms with E-state index in [0.29, 0.717) is 18.9 Å². The lowest BCUT2D eigenvalue weighted by atomic mass is 9.84. The first-order valence-electron chi connectivity index (χ1n) is 4.36. The highest BCUT2D eigenvalue weighted by molar-refractivity contribution is 5.81. The average Bonchev–Trinajstić information content (AvgIpc) is 2.16. The van der Waals surface area contributed by atoms with Gasteiger partial charge in [0.1, 0.15) is 0 Å². The van der Waals surface area contributed by atoms with Crippen molar-refractivity contribution in [2.24, 2.45) is 11.8 Å². The first kappa shape index (κ1) is 9.52. The third-order valence-corrected chi connectivity index (χ3v) is 2.35. The minimum Gasteiger partial charge on any atom is -0.463 e. The van der Waals surface area contributed by atoms with Crippen LogP contribution >= 0.6 is 0 Å². The van der Waals surface area contributed by atoms with Gasteiger partial charge in [0.2, 0.25) is 0 Å². The summed E-state index contributed by atoms with van der Waals surface area (Å²) in [6.07, 6.45) is 0.493. The summed E-state index contributed by atoms with van der Waals surface area (Å²) in [7, 11) is 0. The summed E-state index contributed by atoms with van der Waals surface area (Å²) in [5.41, 5.74) is -1.23. The van der Waals surface area contributed by atoms with Crippen LogP contribution < -0.4 is 0 Å². The van der Waals surface area contributed by atoms with Crippen molar-refractivity contribution in [1.82, 2.24) is 0 Å². The molecule has 1 rings (SSSR count). The Morgan fingerprint density at radius 2 is 2.33 bits per heavy atom. The van der Waals surface area contributed by atoms with Crippen molar-refractivity contribution < 1.29 is 14.6 Å². The van der Waals surface area contributed by atoms with Gasteiger partial charge >= 0.3 is 5.97 Å². The van der Waals surface area contributed by atoms with Crippen LogP contribution in [0.4, 0.5) is 0 Å². The Labute approximate surface area is 72.7 Å². The van der Waals surface area contributed by atoms with E-state index in [1.54, 1.807) is 0 Å². The van der Waals surface area contributed by atoms with Crippen LogP contribution in [0, 0.1) is 11.8 Å². The van der Waals surface area contributed by atoms with Crippen molar-refractivity contribution in [2.45, 2.75) is 32.8 Å². The minimum absolute atomic E-state index is 0.0765. The molecular formula is C9H16O3. The SMILES string of the molecule is CC(C)C[C@@]1(O)C(=O)OC[C@H]1C. The van der Waals surface area contributed by atoms with Gasteiger partial charge in [-0.1, -0.05) is 20.8 Å². The molecule has 3 heteroatoms. The van der Waals surface area contributed by atoms with Crippen LogP contribution in [0.15, 0.2) is 0 Å². The quantitative estimate of drug-likeness (QED) is 0.631. The summed E-state index contributed by atoms with van der Waals surface area (Å²) >= 11 is 0. The molecule has 0 aromatic carbocycles. The lowest BCUT2D eigenvalue weighted by molar-refractivity contribution is -0.155. The van der Waals surface area contributed by atoms with Crippen LogP contribution in [-0.4, -0.2) is 23.3 Å². The molecule has 3 nitrogen and oxygen atoms in total. The zero-order chi connectivity index (χ0) is 9.35. The van der Waals surface area contributed by atoms with Crippen molar-refractivity contribution in [3.05, 3.63) is 0 Å². The molecule has 1 N–H and O–H groups in total. The van der Waals surface area contributed by atoms with Gasteiger partial charge in [0.05, 0.1) is 6.61 Å². The lowest BCUT2D eigenvalue weighted by Crippen LogP contribution is -2.40. The lowest BCUT2D eigenvalue weighted by Gasteiger charge is -2.24. The second-order valence-corrected chi connectivity index (χ2v) is 4.02. The molecule has 0 amide bonds. The van der Waals surface area contributed by atoms with Gasteiger partial charge in [-0.25, -0.2) is 4.79 Å². The molecule has 1 fully saturated rings. The van der Waals surface area contributed by atoms with Crippen molar-refractivity contribution in [2.75, 3.05) is 6.61 Å². The van der Waals surface area contributed by atoms with Gasteiger partial charge in [0, 0.05) is 5.92 Å². The molecule has 0 radical (unpaired) electrons. The molecule has 1 aliphatic heterocycles. The number of carbonyl (C=O) groups excluding carboxylic acids is 1. The maximum atomic E-state index is 11.2. The van der Waals surface area contributed by atoms with Gasteiger partial charge in [0.25, 0.3) is 0 Å². The molecule has 2 atom stereocenters. The molecular weight excluding hydrogens is 156 g/mol. The van der Waals surface area contributed by atoms with E-state index >= 15 is 0 Å². The number of esters is 1. The first-order valence-corrected chi connectivity index (χ1v) is 4.36. The summed E-state index contributed by atoms with van der Waals surface area (Å²) in [5.74, 6) is -0.223. The molecule has 0 spiro atoms. The van der Waals surface area contributed by atoms with Gasteiger partial charge in [-0.2, -0.15) is 0 Å². The Hall–Kier alpha value is -0.570. The van der Waals surface area contributed by atoms with E-state index in [-0.39, 0.29) is 5.92 Å². The molecule has 0 aliphatic carbocycles. The second kappa shape index (κ2) is 3.05. The molecule has 1 aliphatic rings. The predicted molar refractivity (Wildman–Crippen MR) is 44.5 cm³/mol. The maximum Gasteiger partial charge on any atom is 0.338 e. The topological polar surface area (TPSA) is 46.5 Å². The van der Waals surface area contributed by atoms with E-state index in [9.17, 15) is 9.90 Å². The fourth-order valence-corrected chi connectivity index (χ4v) is 1.57. The average molecular weight is 172 g/mol. The molecule has 0 unspecified atom stereocenters. The summed E-state index contributed by atoms with van der Waals surface area (Å²) in [5, 5.41) is 9.92. The molecule has 1 heterocycles. The third-order valence-electron chi connectivity index (χ3n) is 2.35. The summed E-state index contributed by atoms with van der Waals surface area (Å²) in [6.45, 7) is 6.15. The molecule has 1 saturated heterocycles. The van der Waals surface area contributed by atoms with Gasteiger partial charge in [-0.05, 0) is 12.3 Å². The van der Waals surface area contributed by atoms with Crippen molar-refractivity contribution in [1.29, 1.82) is 0 Å². The van der Waals surface area contributed by atoms with Crippen LogP contribution in [0.3, 0.4) is 0 Å². The van der Waals surface area contributed by atoms with Crippen LogP contribution in [0.5, 0.6) is 0 Å². The van der Waals surface area contributed by atoms with Crippen LogP contribution in [0.25, 0.3) is 0 Å². The van der Waals surface area contributed by atoms with Gasteiger partial charge in [0.15, 0.2) is 5.60 Å². The molecule has 70 valence electrons. The van der Waals surface area contributed by atoms with Gasteiger partial charge < -0.3 is 9.84 Å². The number of hydrogen-bond acceptors (Lipinski definition) is 3. The first-order chi connectivity index (χ1) is 5.47. The Morgan fingerprint density at radius 3 is 2.67 bits per heavy atom. The van der Waals surface area contributed by atoms with E-state index < -0.39 is 11.6 Å². The second-order valence-electron chi connectivity index (χ2n) is 4.02. The smallest absolute Gasteiger partial charge is 0.338 e. The molecule has 12 heavy (non-hydrogen) atoms. The largest absolute Gasteiger partial charge is 0.463 e. The highest BCUT2D eigenvalue weighted by Crippen LogP contribution is 2.32. The van der Waals surface area contributed by atoms with E-state index in [1.165, 1.54) is 0 Å². The fraction of sp³-hybridized carbons (Fsp3) is 0.889. The van der Waals surface area contributed by atoms with Crippen LogP contribution in [-0.2, 0) is 9.53 Å². The highest BCUT2D eigenvalue weighted by Gasteiger charge is 2.48. The number of cyclic esters (lactones) is 1.